The summed E-state index contributed by atoms with van der Waals surface area (Å²) >= 11 is 1.83. The Morgan fingerprint density at radius 3 is 1.79 bits per heavy atom. The van der Waals surface area contributed by atoms with Gasteiger partial charge in [-0.3, -0.25) is 4.57 Å². The van der Waals surface area contributed by atoms with Crippen LogP contribution in [0.4, 0.5) is 0 Å². The number of benzene rings is 9. The molecule has 0 fully saturated rings. The van der Waals surface area contributed by atoms with Crippen LogP contribution in [0.25, 0.3) is 119 Å². The Kier molecular flexibility index (Phi) is 6.29. The van der Waals surface area contributed by atoms with Gasteiger partial charge >= 0.3 is 0 Å². The molecule has 4 nitrogen and oxygen atoms in total. The van der Waals surface area contributed by atoms with Gasteiger partial charge in [0.15, 0.2) is 5.82 Å². The first kappa shape index (κ1) is 30.9. The van der Waals surface area contributed by atoms with Crippen molar-refractivity contribution >= 4 is 108 Å². The molecular formula is C52H30N4S. The Labute approximate surface area is 330 Å². The van der Waals surface area contributed by atoms with E-state index in [1.807, 2.05) is 11.3 Å². The number of para-hydroxylation sites is 4. The summed E-state index contributed by atoms with van der Waals surface area (Å²) in [6, 6.07) is 65.9. The highest BCUT2D eigenvalue weighted by atomic mass is 32.1. The maximum atomic E-state index is 5.57. The third-order valence-corrected chi connectivity index (χ3v) is 13.0. The van der Waals surface area contributed by atoms with Crippen LogP contribution < -0.4 is 0 Å². The van der Waals surface area contributed by atoms with Gasteiger partial charge in [-0.05, 0) is 70.8 Å². The minimum Gasteiger partial charge on any atom is -0.308 e. The second-order valence-corrected chi connectivity index (χ2v) is 16.0. The van der Waals surface area contributed by atoms with Crippen molar-refractivity contribution in [3.05, 3.63) is 182 Å². The molecule has 0 aliphatic rings. The molecule has 0 saturated carbocycles. The first-order valence-electron chi connectivity index (χ1n) is 19.3. The maximum absolute atomic E-state index is 5.57. The molecule has 0 N–H and O–H groups in total. The SMILES string of the molecule is c1ccc2cc3c(cc2c1)c1ccccc1n3-c1c2ccccc2cc2c1c1ccccc1n2-c1nc2ccccc2nc1-c1cccc2sc3ccccc3c12. The predicted octanol–water partition coefficient (Wildman–Crippen LogP) is 14.2. The molecule has 0 radical (unpaired) electrons. The van der Waals surface area contributed by atoms with Crippen LogP contribution in [-0.4, -0.2) is 19.1 Å². The van der Waals surface area contributed by atoms with E-state index in [4.69, 9.17) is 9.97 Å². The summed E-state index contributed by atoms with van der Waals surface area (Å²) in [7, 11) is 0. The predicted molar refractivity (Wildman–Crippen MR) is 242 cm³/mol. The molecule has 0 saturated heterocycles. The zero-order valence-electron chi connectivity index (χ0n) is 30.5. The highest BCUT2D eigenvalue weighted by Gasteiger charge is 2.26. The molecular weight excluding hydrogens is 713 g/mol. The lowest BCUT2D eigenvalue weighted by molar-refractivity contribution is 1.08. The summed E-state index contributed by atoms with van der Waals surface area (Å²) in [5.74, 6) is 0.817. The number of fused-ring (bicyclic) bond motifs is 12. The van der Waals surface area contributed by atoms with Crippen LogP contribution in [-0.2, 0) is 0 Å². The summed E-state index contributed by atoms with van der Waals surface area (Å²) < 4.78 is 7.40. The van der Waals surface area contributed by atoms with E-state index >= 15 is 0 Å². The smallest absolute Gasteiger partial charge is 0.165 e. The Morgan fingerprint density at radius 2 is 0.965 bits per heavy atom. The number of hydrogen-bond donors (Lipinski definition) is 0. The van der Waals surface area contributed by atoms with Crippen LogP contribution in [0.5, 0.6) is 0 Å². The van der Waals surface area contributed by atoms with Gasteiger partial charge in [0.05, 0.1) is 38.8 Å². The Morgan fingerprint density at radius 1 is 0.368 bits per heavy atom. The van der Waals surface area contributed by atoms with Gasteiger partial charge in [0.25, 0.3) is 0 Å². The van der Waals surface area contributed by atoms with Crippen molar-refractivity contribution in [1.29, 1.82) is 0 Å². The molecule has 4 heterocycles. The minimum absolute atomic E-state index is 0.817. The van der Waals surface area contributed by atoms with E-state index in [0.717, 1.165) is 44.5 Å². The van der Waals surface area contributed by atoms with Crippen LogP contribution in [0.2, 0.25) is 0 Å². The average Bonchev–Trinajstić information content (AvgIpc) is 3.92. The molecule has 13 rings (SSSR count). The summed E-state index contributed by atoms with van der Waals surface area (Å²) in [4.78, 5) is 11.1. The van der Waals surface area contributed by atoms with E-state index in [9.17, 15) is 0 Å². The van der Waals surface area contributed by atoms with E-state index < -0.39 is 0 Å². The largest absolute Gasteiger partial charge is 0.308 e. The zero-order valence-corrected chi connectivity index (χ0v) is 31.3. The van der Waals surface area contributed by atoms with Gasteiger partial charge in [-0.25, -0.2) is 9.97 Å². The fourth-order valence-corrected chi connectivity index (χ4v) is 10.6. The second kappa shape index (κ2) is 11.6. The van der Waals surface area contributed by atoms with E-state index in [0.29, 0.717) is 0 Å². The number of rotatable bonds is 3. The maximum Gasteiger partial charge on any atom is 0.165 e. The lowest BCUT2D eigenvalue weighted by Crippen LogP contribution is -2.04. The highest BCUT2D eigenvalue weighted by molar-refractivity contribution is 7.25. The minimum atomic E-state index is 0.817. The standard InChI is InChI=1S/C52H30N4S/c1-2-15-32-29-44-39(28-31(32)14-1)35-18-5-10-24-42(35)55(44)51-34-17-4-3-16-33(34)30-45-49(51)36-19-6-11-25-43(36)56(45)52-50(53-40-22-8-9-23-41(40)54-52)38-21-13-27-47-48(38)37-20-7-12-26-46(37)57-47/h1-30H. The van der Waals surface area contributed by atoms with Gasteiger partial charge in [-0.2, -0.15) is 0 Å². The molecule has 57 heavy (non-hydrogen) atoms. The molecule has 0 bridgehead atoms. The molecule has 0 unspecified atom stereocenters. The number of hydrogen-bond acceptors (Lipinski definition) is 3. The lowest BCUT2D eigenvalue weighted by atomic mass is 10.0. The van der Waals surface area contributed by atoms with Crippen molar-refractivity contribution < 1.29 is 0 Å². The van der Waals surface area contributed by atoms with Crippen LogP contribution in [0.3, 0.4) is 0 Å². The first-order chi connectivity index (χ1) is 28.3. The molecule has 0 spiro atoms. The molecule has 9 aromatic carbocycles. The molecule has 0 aliphatic heterocycles. The zero-order chi connectivity index (χ0) is 37.2. The lowest BCUT2D eigenvalue weighted by Gasteiger charge is -2.17. The van der Waals surface area contributed by atoms with Gasteiger partial charge in [0, 0.05) is 52.7 Å². The summed E-state index contributed by atoms with van der Waals surface area (Å²) in [5, 5.41) is 12.1. The number of thiophene rings is 1. The average molecular weight is 743 g/mol. The molecule has 264 valence electrons. The Bertz CT molecular complexity index is 3830. The molecule has 4 aromatic heterocycles. The molecule has 0 atom stereocenters. The van der Waals surface area contributed by atoms with Crippen molar-refractivity contribution in [2.24, 2.45) is 0 Å². The fourth-order valence-electron chi connectivity index (χ4n) is 9.42. The van der Waals surface area contributed by atoms with Crippen molar-refractivity contribution in [3.8, 4) is 22.8 Å². The van der Waals surface area contributed by atoms with E-state index in [2.05, 4.69) is 191 Å². The highest BCUT2D eigenvalue weighted by Crippen LogP contribution is 2.46. The summed E-state index contributed by atoms with van der Waals surface area (Å²) in [5.41, 5.74) is 9.39. The topological polar surface area (TPSA) is 35.6 Å². The van der Waals surface area contributed by atoms with Crippen LogP contribution >= 0.6 is 11.3 Å². The molecule has 0 amide bonds. The fraction of sp³-hybridized carbons (Fsp3) is 0. The van der Waals surface area contributed by atoms with E-state index in [1.54, 1.807) is 0 Å². The van der Waals surface area contributed by atoms with Crippen molar-refractivity contribution in [2.75, 3.05) is 0 Å². The molecule has 5 heteroatoms. The molecule has 0 aliphatic carbocycles. The van der Waals surface area contributed by atoms with Gasteiger partial charge in [-0.1, -0.05) is 127 Å². The Balaban J connectivity index is 1.23. The van der Waals surface area contributed by atoms with Crippen LogP contribution in [0, 0.1) is 0 Å². The van der Waals surface area contributed by atoms with Crippen LogP contribution in [0.15, 0.2) is 182 Å². The van der Waals surface area contributed by atoms with Gasteiger partial charge in [0.2, 0.25) is 0 Å². The summed E-state index contributed by atoms with van der Waals surface area (Å²) in [6.07, 6.45) is 0. The normalized spacial score (nSPS) is 12.2. The third-order valence-electron chi connectivity index (χ3n) is 11.8. The van der Waals surface area contributed by atoms with Crippen LogP contribution in [0.1, 0.15) is 0 Å². The second-order valence-electron chi connectivity index (χ2n) is 14.9. The van der Waals surface area contributed by atoms with Gasteiger partial charge in [-0.15, -0.1) is 11.3 Å². The monoisotopic (exact) mass is 742 g/mol. The number of aromatic nitrogens is 4. The molecule has 13 aromatic rings. The van der Waals surface area contributed by atoms with Gasteiger partial charge in [0.1, 0.15) is 5.69 Å². The Hall–Kier alpha value is -7.34. The van der Waals surface area contributed by atoms with E-state index in [1.165, 1.54) is 74.6 Å². The third kappa shape index (κ3) is 4.32. The summed E-state index contributed by atoms with van der Waals surface area (Å²) in [6.45, 7) is 0. The number of nitrogens with zero attached hydrogens (tertiary/aromatic N) is 4. The van der Waals surface area contributed by atoms with Crippen molar-refractivity contribution in [2.45, 2.75) is 0 Å². The van der Waals surface area contributed by atoms with E-state index in [-0.39, 0.29) is 0 Å². The van der Waals surface area contributed by atoms with Crippen molar-refractivity contribution in [1.82, 2.24) is 19.1 Å². The first-order valence-corrected chi connectivity index (χ1v) is 20.2. The quantitative estimate of drug-likeness (QED) is 0.181. The van der Waals surface area contributed by atoms with Gasteiger partial charge < -0.3 is 4.57 Å². The van der Waals surface area contributed by atoms with Crippen molar-refractivity contribution in [3.63, 3.8) is 0 Å².